The summed E-state index contributed by atoms with van der Waals surface area (Å²) in [6.07, 6.45) is 1.49. The Morgan fingerprint density at radius 1 is 1.12 bits per heavy atom. The molecule has 7 nitrogen and oxygen atoms in total. The summed E-state index contributed by atoms with van der Waals surface area (Å²) in [5.74, 6) is 0.244. The van der Waals surface area contributed by atoms with Crippen LogP contribution in [0.25, 0.3) is 5.69 Å². The Balaban J connectivity index is 1.55. The summed E-state index contributed by atoms with van der Waals surface area (Å²) in [7, 11) is 0. The van der Waals surface area contributed by atoms with Gasteiger partial charge in [-0.1, -0.05) is 23.2 Å². The Labute approximate surface area is 147 Å². The monoisotopic (exact) mass is 363 g/mol. The first-order valence-electron chi connectivity index (χ1n) is 6.83. The molecule has 9 heteroatoms. The summed E-state index contributed by atoms with van der Waals surface area (Å²) in [5.41, 5.74) is 1.33. The lowest BCUT2D eigenvalue weighted by Crippen LogP contribution is -2.20. The molecule has 1 amide bonds. The van der Waals surface area contributed by atoms with E-state index in [0.717, 1.165) is 5.69 Å². The number of benzene rings is 2. The Hall–Kier alpha value is -2.64. The third kappa shape index (κ3) is 4.01. The highest BCUT2D eigenvalue weighted by atomic mass is 35.5. The van der Waals surface area contributed by atoms with Crippen LogP contribution in [0, 0.1) is 0 Å². The van der Waals surface area contributed by atoms with Crippen molar-refractivity contribution in [1.29, 1.82) is 0 Å². The van der Waals surface area contributed by atoms with Gasteiger partial charge in [-0.2, -0.15) is 0 Å². The zero-order valence-electron chi connectivity index (χ0n) is 12.2. The molecule has 0 atom stereocenters. The fourth-order valence-electron chi connectivity index (χ4n) is 1.89. The molecule has 3 rings (SSSR count). The van der Waals surface area contributed by atoms with Crippen molar-refractivity contribution in [2.24, 2.45) is 0 Å². The van der Waals surface area contributed by atoms with Crippen molar-refractivity contribution in [2.45, 2.75) is 0 Å². The maximum absolute atomic E-state index is 11.9. The molecule has 0 fully saturated rings. The molecule has 0 aliphatic heterocycles. The lowest BCUT2D eigenvalue weighted by atomic mass is 10.3. The number of anilines is 1. The van der Waals surface area contributed by atoms with Crippen molar-refractivity contribution in [2.75, 3.05) is 11.9 Å². The summed E-state index contributed by atoms with van der Waals surface area (Å²) in [5, 5.41) is 14.4. The quantitative estimate of drug-likeness (QED) is 0.753. The zero-order valence-corrected chi connectivity index (χ0v) is 13.7. The summed E-state index contributed by atoms with van der Waals surface area (Å²) in [6, 6.07) is 11.9. The second kappa shape index (κ2) is 7.29. The number of carbonyl (C=O) groups is 1. The highest BCUT2D eigenvalue weighted by Gasteiger charge is 2.06. The van der Waals surface area contributed by atoms with Gasteiger partial charge in [-0.05, 0) is 52.9 Å². The predicted molar refractivity (Wildman–Crippen MR) is 89.7 cm³/mol. The van der Waals surface area contributed by atoms with Crippen LogP contribution < -0.4 is 10.1 Å². The van der Waals surface area contributed by atoms with E-state index in [9.17, 15) is 4.79 Å². The van der Waals surface area contributed by atoms with Crippen LogP contribution in [-0.4, -0.2) is 32.7 Å². The number of aromatic nitrogens is 4. The van der Waals surface area contributed by atoms with Crippen LogP contribution in [0.2, 0.25) is 10.0 Å². The number of halogens is 2. The maximum atomic E-state index is 11.9. The first-order chi connectivity index (χ1) is 11.6. The number of amides is 1. The smallest absolute Gasteiger partial charge is 0.262 e. The van der Waals surface area contributed by atoms with Gasteiger partial charge in [0, 0.05) is 5.69 Å². The van der Waals surface area contributed by atoms with E-state index in [1.165, 1.54) is 11.0 Å². The van der Waals surface area contributed by atoms with Crippen LogP contribution in [0.15, 0.2) is 48.8 Å². The molecule has 0 saturated heterocycles. The standard InChI is InChI=1S/C15H11Cl2N5O2/c16-13-6-1-10(7-14(13)17)19-15(23)8-24-12-4-2-11(3-5-12)22-9-18-20-21-22/h1-7,9H,8H2,(H,19,23). The lowest BCUT2D eigenvalue weighted by molar-refractivity contribution is -0.118. The number of hydrogen-bond acceptors (Lipinski definition) is 5. The summed E-state index contributed by atoms with van der Waals surface area (Å²) >= 11 is 11.7. The minimum atomic E-state index is -0.307. The van der Waals surface area contributed by atoms with Gasteiger partial charge in [0.25, 0.3) is 5.91 Å². The van der Waals surface area contributed by atoms with Crippen LogP contribution in [0.1, 0.15) is 0 Å². The topological polar surface area (TPSA) is 81.9 Å². The van der Waals surface area contributed by atoms with Gasteiger partial charge in [-0.3, -0.25) is 4.79 Å². The average Bonchev–Trinajstić information content (AvgIpc) is 3.11. The van der Waals surface area contributed by atoms with E-state index in [0.29, 0.717) is 21.5 Å². The number of ether oxygens (including phenoxy) is 1. The highest BCUT2D eigenvalue weighted by Crippen LogP contribution is 2.25. The van der Waals surface area contributed by atoms with E-state index in [4.69, 9.17) is 27.9 Å². The van der Waals surface area contributed by atoms with Crippen LogP contribution in [-0.2, 0) is 4.79 Å². The van der Waals surface area contributed by atoms with Crippen molar-refractivity contribution in [3.05, 3.63) is 58.8 Å². The van der Waals surface area contributed by atoms with Crippen LogP contribution in [0.3, 0.4) is 0 Å². The average molecular weight is 364 g/mol. The van der Waals surface area contributed by atoms with Crippen LogP contribution >= 0.6 is 23.2 Å². The van der Waals surface area contributed by atoms with Gasteiger partial charge in [0.1, 0.15) is 12.1 Å². The fourth-order valence-corrected chi connectivity index (χ4v) is 2.19. The van der Waals surface area contributed by atoms with E-state index in [1.807, 2.05) is 0 Å². The van der Waals surface area contributed by atoms with E-state index >= 15 is 0 Å². The molecule has 0 aliphatic rings. The number of nitrogens with one attached hydrogen (secondary N) is 1. The normalized spacial score (nSPS) is 10.4. The minimum absolute atomic E-state index is 0.134. The van der Waals surface area contributed by atoms with Gasteiger partial charge in [0.15, 0.2) is 6.61 Å². The fraction of sp³-hybridized carbons (Fsp3) is 0.0667. The Morgan fingerprint density at radius 2 is 1.92 bits per heavy atom. The highest BCUT2D eigenvalue weighted by molar-refractivity contribution is 6.42. The van der Waals surface area contributed by atoms with Crippen LogP contribution in [0.4, 0.5) is 5.69 Å². The summed E-state index contributed by atoms with van der Waals surface area (Å²) in [4.78, 5) is 11.9. The third-order valence-electron chi connectivity index (χ3n) is 3.02. The summed E-state index contributed by atoms with van der Waals surface area (Å²) < 4.78 is 6.95. The lowest BCUT2D eigenvalue weighted by Gasteiger charge is -2.08. The molecule has 24 heavy (non-hydrogen) atoms. The van der Waals surface area contributed by atoms with E-state index in [1.54, 1.807) is 42.5 Å². The molecule has 0 spiro atoms. The van der Waals surface area contributed by atoms with Crippen molar-refractivity contribution < 1.29 is 9.53 Å². The van der Waals surface area contributed by atoms with E-state index < -0.39 is 0 Å². The minimum Gasteiger partial charge on any atom is -0.484 e. The Kier molecular flexibility index (Phi) is 4.93. The molecule has 2 aromatic carbocycles. The summed E-state index contributed by atoms with van der Waals surface area (Å²) in [6.45, 7) is -0.134. The second-order valence-electron chi connectivity index (χ2n) is 4.71. The first kappa shape index (κ1) is 16.2. The van der Waals surface area contributed by atoms with Gasteiger partial charge >= 0.3 is 0 Å². The molecule has 1 aromatic heterocycles. The van der Waals surface area contributed by atoms with Crippen LogP contribution in [0.5, 0.6) is 5.75 Å². The number of carbonyl (C=O) groups excluding carboxylic acids is 1. The van der Waals surface area contributed by atoms with Crippen molar-refractivity contribution >= 4 is 34.8 Å². The maximum Gasteiger partial charge on any atom is 0.262 e. The molecule has 1 heterocycles. The van der Waals surface area contributed by atoms with Gasteiger partial charge in [-0.25, -0.2) is 4.68 Å². The van der Waals surface area contributed by atoms with E-state index in [-0.39, 0.29) is 12.5 Å². The third-order valence-corrected chi connectivity index (χ3v) is 3.76. The Morgan fingerprint density at radius 3 is 2.58 bits per heavy atom. The largest absolute Gasteiger partial charge is 0.484 e. The molecule has 3 aromatic rings. The van der Waals surface area contributed by atoms with Crippen molar-refractivity contribution in [3.63, 3.8) is 0 Å². The first-order valence-corrected chi connectivity index (χ1v) is 7.58. The molecule has 122 valence electrons. The molecule has 0 aliphatic carbocycles. The molecule has 0 saturated carbocycles. The van der Waals surface area contributed by atoms with Crippen molar-refractivity contribution in [3.8, 4) is 11.4 Å². The number of hydrogen-bond donors (Lipinski definition) is 1. The molecule has 0 bridgehead atoms. The molecule has 0 unspecified atom stereocenters. The number of nitrogens with zero attached hydrogens (tertiary/aromatic N) is 4. The Bertz CT molecular complexity index is 838. The van der Waals surface area contributed by atoms with Crippen molar-refractivity contribution in [1.82, 2.24) is 20.2 Å². The SMILES string of the molecule is O=C(COc1ccc(-n2cnnn2)cc1)Nc1ccc(Cl)c(Cl)c1. The molecular formula is C15H11Cl2N5O2. The van der Waals surface area contributed by atoms with Gasteiger partial charge in [0.2, 0.25) is 0 Å². The molecular weight excluding hydrogens is 353 g/mol. The number of rotatable bonds is 5. The van der Waals surface area contributed by atoms with Gasteiger partial charge in [0.05, 0.1) is 15.7 Å². The van der Waals surface area contributed by atoms with E-state index in [2.05, 4.69) is 20.8 Å². The van der Waals surface area contributed by atoms with Gasteiger partial charge < -0.3 is 10.1 Å². The predicted octanol–water partition coefficient (Wildman–Crippen LogP) is 2.99. The molecule has 1 N–H and O–H groups in total. The zero-order chi connectivity index (χ0) is 16.9. The number of tetrazole rings is 1. The second-order valence-corrected chi connectivity index (χ2v) is 5.53. The van der Waals surface area contributed by atoms with Gasteiger partial charge in [-0.15, -0.1) is 5.10 Å². The molecule has 0 radical (unpaired) electrons.